The molecule has 2 aliphatic carbocycles. The maximum absolute atomic E-state index is 13.8. The maximum atomic E-state index is 13.8. The fraction of sp³-hybridized carbons (Fsp3) is 0.644. The highest BCUT2D eigenvalue weighted by atomic mass is 35.5. The number of nitrogens with one attached hydrogen (secondary N) is 3. The maximum Gasteiger partial charge on any atom is 0.314 e. The Labute approximate surface area is 582 Å². The van der Waals surface area contributed by atoms with Crippen LogP contribution in [0.3, 0.4) is 0 Å². The second-order valence-electron chi connectivity index (χ2n) is 28.6. The molecule has 19 nitrogen and oxygen atoms in total. The molecule has 23 heteroatoms. The topological polar surface area (TPSA) is 195 Å². The van der Waals surface area contributed by atoms with E-state index in [0.29, 0.717) is 123 Å². The van der Waals surface area contributed by atoms with Crippen molar-refractivity contribution in [3.05, 3.63) is 115 Å². The minimum absolute atomic E-state index is 0.0336. The average Bonchev–Trinajstić information content (AvgIpc) is 1.60. The number of carbonyl (C=O) groups is 2. The lowest BCUT2D eigenvalue weighted by Crippen LogP contribution is -2.51. The molecule has 4 saturated heterocycles. The van der Waals surface area contributed by atoms with Crippen LogP contribution in [-0.2, 0) is 47.0 Å². The van der Waals surface area contributed by atoms with E-state index in [-0.39, 0.29) is 58.7 Å². The number of likely N-dealkylation sites (N-methyl/N-ethyl adjacent to an activating group) is 2. The highest BCUT2D eigenvalue weighted by Gasteiger charge is 2.43. The first kappa shape index (κ1) is 74.2. The van der Waals surface area contributed by atoms with Gasteiger partial charge in [-0.1, -0.05) is 29.6 Å². The summed E-state index contributed by atoms with van der Waals surface area (Å²) < 4.78 is 83.6. The van der Waals surface area contributed by atoms with E-state index in [0.717, 1.165) is 119 Å². The number of piperidine rings is 2. The number of Topliss-reactive ketones (excluding diaryl/α,β-unsaturated/α-hetero) is 1. The lowest BCUT2D eigenvalue weighted by Gasteiger charge is -2.41. The molecule has 2 amide bonds. The molecule has 6 aliphatic rings. The van der Waals surface area contributed by atoms with Crippen LogP contribution in [0.15, 0.2) is 70.5 Å². The van der Waals surface area contributed by atoms with Gasteiger partial charge in [0, 0.05) is 100.0 Å². The van der Waals surface area contributed by atoms with Crippen LogP contribution in [0, 0.1) is 33.6 Å². The van der Waals surface area contributed by atoms with Crippen LogP contribution < -0.4 is 24.8 Å². The molecule has 8 atom stereocenters. The number of amides is 2. The Morgan fingerprint density at radius 1 is 0.562 bits per heavy atom. The van der Waals surface area contributed by atoms with Gasteiger partial charge in [-0.3, -0.25) is 19.5 Å². The van der Waals surface area contributed by atoms with Crippen LogP contribution >= 0.6 is 23.2 Å². The number of hydrogen-bond donors (Lipinski definition) is 3. The number of rotatable bonds is 33. The van der Waals surface area contributed by atoms with Crippen molar-refractivity contribution in [3.63, 3.8) is 0 Å². The van der Waals surface area contributed by atoms with E-state index in [4.69, 9.17) is 42.1 Å². The molecule has 4 heterocycles. The molecular formula is C73H107Cl2N9O10S2. The third kappa shape index (κ3) is 19.7. The standard InChI is InChI=1S/C73H107Cl2N9O10S2/c1-50-37-55(74)41-65-63(50)43-67(83-27-12-15-58(47-83)79(5)6)71(65)93-69-21-19-61(39-52(69)3)95(87,88)49-54-23-29-81(45-54)31-35-91-33-14-18-60(85)17-10-9-11-25-76-73(86)77-26-34-92-36-32-82-30-24-57(46-82)78-96(89,90)62-20-22-70(53(4)40-62)94-72-66-42-56(75)38-51(2)64(66)44-68(72)84-28-13-16-59(48-84)80(7)8/h19-22,37-42,54,57-59,67-68,71-72,78H,9-18,23-36,43-49H2,1-8H3,(H2,76,77,86)/t54-,57-,58+,59+,67-,68-,71-,72-/m0/s1. The van der Waals surface area contributed by atoms with Gasteiger partial charge in [0.2, 0.25) is 10.0 Å². The van der Waals surface area contributed by atoms with Crippen molar-refractivity contribution in [2.75, 3.05) is 139 Å². The summed E-state index contributed by atoms with van der Waals surface area (Å²) in [5.41, 5.74) is 8.72. The molecule has 0 saturated carbocycles. The van der Waals surface area contributed by atoms with E-state index in [9.17, 15) is 26.4 Å². The second kappa shape index (κ2) is 34.3. The van der Waals surface area contributed by atoms with Crippen LogP contribution in [0.2, 0.25) is 10.0 Å². The number of unbranched alkanes of at least 4 members (excludes halogenated alkanes) is 2. The van der Waals surface area contributed by atoms with E-state index >= 15 is 0 Å². The molecule has 4 aromatic rings. The van der Waals surface area contributed by atoms with Crippen molar-refractivity contribution >= 4 is 54.9 Å². The first-order chi connectivity index (χ1) is 46.0. The summed E-state index contributed by atoms with van der Waals surface area (Å²) in [4.78, 5) is 39.8. The first-order valence-corrected chi connectivity index (χ1v) is 39.2. The molecule has 0 radical (unpaired) electrons. The van der Waals surface area contributed by atoms with Crippen LogP contribution in [-0.4, -0.2) is 227 Å². The lowest BCUT2D eigenvalue weighted by molar-refractivity contribution is -0.119. The Morgan fingerprint density at radius 2 is 1.09 bits per heavy atom. The molecule has 4 fully saturated rings. The number of sulfone groups is 1. The Bertz CT molecular complexity index is 3300. The molecule has 0 unspecified atom stereocenters. The second-order valence-corrected chi connectivity index (χ2v) is 33.2. The van der Waals surface area contributed by atoms with Crippen molar-refractivity contribution in [1.82, 2.24) is 44.8 Å². The smallest absolute Gasteiger partial charge is 0.314 e. The number of urea groups is 1. The molecular weight excluding hydrogens is 1300 g/mol. The number of aryl methyl sites for hydroxylation is 4. The molecule has 530 valence electrons. The van der Waals surface area contributed by atoms with Crippen LogP contribution in [0.25, 0.3) is 0 Å². The van der Waals surface area contributed by atoms with Crippen LogP contribution in [0.1, 0.15) is 134 Å². The normalized spacial score (nSPS) is 23.7. The fourth-order valence-electron chi connectivity index (χ4n) is 15.5. The minimum atomic E-state index is -3.79. The number of ether oxygens (including phenoxy) is 4. The van der Waals surface area contributed by atoms with E-state index in [1.807, 2.05) is 38.1 Å². The molecule has 0 bridgehead atoms. The molecule has 10 rings (SSSR count). The zero-order valence-corrected chi connectivity index (χ0v) is 61.3. The number of hydrogen-bond acceptors (Lipinski definition) is 16. The SMILES string of the molecule is Cc1cc(S(=O)(=O)C[C@H]2CCN(CCOCCCC(=O)CCCCCNC(=O)NCCOCCN3CC[C@H](NS(=O)(=O)c4ccc(O[C@H]5c6cc(Cl)cc(C)c6C[C@@H]5N5CCC[C@@H](N(C)C)C5)c(C)c4)C3)C2)ccc1O[C@H]1c2cc(Cl)cc(C)c2C[C@@H]1N1CCC[C@@H](N(C)C)C1. The molecule has 4 aromatic carbocycles. The largest absolute Gasteiger partial charge is 0.484 e. The summed E-state index contributed by atoms with van der Waals surface area (Å²) >= 11 is 13.3. The molecule has 0 aromatic heterocycles. The quantitative estimate of drug-likeness (QED) is 0.0381. The minimum Gasteiger partial charge on any atom is -0.484 e. The third-order valence-corrected chi connectivity index (χ3v) is 24.9. The first-order valence-electron chi connectivity index (χ1n) is 35.3. The van der Waals surface area contributed by atoms with E-state index in [2.05, 4.69) is 92.9 Å². The average molecular weight is 1410 g/mol. The predicted octanol–water partition coefficient (Wildman–Crippen LogP) is 9.76. The monoisotopic (exact) mass is 1400 g/mol. The number of fused-ring (bicyclic) bond motifs is 2. The number of ketones is 1. The van der Waals surface area contributed by atoms with Gasteiger partial charge in [0.1, 0.15) is 29.5 Å². The highest BCUT2D eigenvalue weighted by Crippen LogP contribution is 2.45. The third-order valence-electron chi connectivity index (χ3n) is 21.0. The van der Waals surface area contributed by atoms with Crippen molar-refractivity contribution in [2.24, 2.45) is 5.92 Å². The van der Waals surface area contributed by atoms with Gasteiger partial charge in [0.15, 0.2) is 9.84 Å². The number of nitrogens with zero attached hydrogens (tertiary/aromatic N) is 6. The Hall–Kier alpha value is -4.46. The summed E-state index contributed by atoms with van der Waals surface area (Å²) in [6.45, 7) is 19.0. The Balaban J connectivity index is 0.535. The zero-order valence-electron chi connectivity index (χ0n) is 58.2. The summed E-state index contributed by atoms with van der Waals surface area (Å²) in [7, 11) is 1.29. The van der Waals surface area contributed by atoms with Crippen LogP contribution in [0.4, 0.5) is 4.79 Å². The summed E-state index contributed by atoms with van der Waals surface area (Å²) in [5, 5.41) is 7.11. The van der Waals surface area contributed by atoms with Gasteiger partial charge in [-0.25, -0.2) is 26.4 Å². The highest BCUT2D eigenvalue weighted by molar-refractivity contribution is 7.91. The van der Waals surface area contributed by atoms with E-state index < -0.39 is 19.9 Å². The Kier molecular flexibility index (Phi) is 26.5. The summed E-state index contributed by atoms with van der Waals surface area (Å²) in [5.74, 6) is 1.70. The lowest BCUT2D eigenvalue weighted by atomic mass is 10.0. The van der Waals surface area contributed by atoms with E-state index in [1.54, 1.807) is 30.3 Å². The number of sulfonamides is 1. The number of halogens is 2. The molecule has 96 heavy (non-hydrogen) atoms. The number of carbonyl (C=O) groups excluding carboxylic acids is 2. The Morgan fingerprint density at radius 3 is 1.68 bits per heavy atom. The summed E-state index contributed by atoms with van der Waals surface area (Å²) in [6.07, 6.45) is 11.4. The van der Waals surface area contributed by atoms with Gasteiger partial charge in [-0.15, -0.1) is 0 Å². The van der Waals surface area contributed by atoms with Gasteiger partial charge >= 0.3 is 6.03 Å². The van der Waals surface area contributed by atoms with Crippen molar-refractivity contribution in [3.8, 4) is 11.5 Å². The molecule has 0 spiro atoms. The van der Waals surface area contributed by atoms with Crippen LogP contribution in [0.5, 0.6) is 11.5 Å². The van der Waals surface area contributed by atoms with Gasteiger partial charge in [0.05, 0.1) is 47.4 Å². The van der Waals surface area contributed by atoms with E-state index in [1.165, 1.54) is 35.1 Å². The zero-order chi connectivity index (χ0) is 68.3. The predicted molar refractivity (Wildman–Crippen MR) is 381 cm³/mol. The van der Waals surface area contributed by atoms with Gasteiger partial charge in [0.25, 0.3) is 0 Å². The summed E-state index contributed by atoms with van der Waals surface area (Å²) in [6, 6.07) is 19.4. The van der Waals surface area contributed by atoms with Crippen molar-refractivity contribution in [2.45, 2.75) is 170 Å². The van der Waals surface area contributed by atoms with Crippen molar-refractivity contribution in [1.29, 1.82) is 0 Å². The van der Waals surface area contributed by atoms with Gasteiger partial charge < -0.3 is 44.3 Å². The van der Waals surface area contributed by atoms with Crippen molar-refractivity contribution < 1.29 is 45.4 Å². The fourth-order valence-corrected chi connectivity index (χ4v) is 19.1. The van der Waals surface area contributed by atoms with Gasteiger partial charge in [-0.2, -0.15) is 0 Å². The molecule has 3 N–H and O–H groups in total. The number of likely N-dealkylation sites (tertiary alicyclic amines) is 4. The van der Waals surface area contributed by atoms with Gasteiger partial charge in [-0.05, 0) is 264 Å². The molecule has 4 aliphatic heterocycles. The number of benzene rings is 4.